The molecule has 1 unspecified atom stereocenters. The third-order valence-electron chi connectivity index (χ3n) is 3.48. The summed E-state index contributed by atoms with van der Waals surface area (Å²) in [6.07, 6.45) is 3.76. The van der Waals surface area contributed by atoms with Gasteiger partial charge < -0.3 is 14.8 Å². The Morgan fingerprint density at radius 3 is 3.00 bits per heavy atom. The number of para-hydroxylation sites is 1. The summed E-state index contributed by atoms with van der Waals surface area (Å²) in [7, 11) is 0. The molecule has 2 rings (SSSR count). The largest absolute Gasteiger partial charge is 0.487 e. The molecule has 3 nitrogen and oxygen atoms in total. The van der Waals surface area contributed by atoms with E-state index in [9.17, 15) is 0 Å². The Morgan fingerprint density at radius 2 is 2.20 bits per heavy atom. The zero-order valence-electron chi connectivity index (χ0n) is 12.5. The molecule has 0 saturated heterocycles. The van der Waals surface area contributed by atoms with Crippen molar-refractivity contribution >= 4 is 0 Å². The molecule has 20 heavy (non-hydrogen) atoms. The topological polar surface area (TPSA) is 30.5 Å². The number of fused-ring (bicyclic) bond motifs is 1. The highest BCUT2D eigenvalue weighted by atomic mass is 16.5. The Morgan fingerprint density at radius 1 is 1.40 bits per heavy atom. The van der Waals surface area contributed by atoms with Crippen molar-refractivity contribution in [1.82, 2.24) is 5.32 Å². The lowest BCUT2D eigenvalue weighted by molar-refractivity contribution is 0.0628. The summed E-state index contributed by atoms with van der Waals surface area (Å²) in [5.41, 5.74) is 1.12. The first-order chi connectivity index (χ1) is 9.62. The molecule has 1 aliphatic rings. The Balaban J connectivity index is 1.89. The molecule has 0 fully saturated rings. The number of hydrogen-bond acceptors (Lipinski definition) is 3. The Kier molecular flexibility index (Phi) is 5.21. The lowest BCUT2D eigenvalue weighted by atomic mass is 9.90. The molecule has 0 amide bonds. The van der Waals surface area contributed by atoms with Crippen LogP contribution in [-0.2, 0) is 4.74 Å². The lowest BCUT2D eigenvalue weighted by Gasteiger charge is -2.38. The summed E-state index contributed by atoms with van der Waals surface area (Å²) < 4.78 is 11.6. The first kappa shape index (κ1) is 15.1. The SMILES string of the molecule is C=CCCOCCNC1CC(C)(C)Oc2ccccc21. The molecule has 110 valence electrons. The van der Waals surface area contributed by atoms with Crippen molar-refractivity contribution < 1.29 is 9.47 Å². The molecule has 1 aliphatic heterocycles. The van der Waals surface area contributed by atoms with Crippen molar-refractivity contribution in [2.45, 2.75) is 38.3 Å². The van der Waals surface area contributed by atoms with Gasteiger partial charge in [0.25, 0.3) is 0 Å². The molecule has 3 heteroatoms. The van der Waals surface area contributed by atoms with Gasteiger partial charge in [0, 0.05) is 24.6 Å². The zero-order chi connectivity index (χ0) is 14.4. The monoisotopic (exact) mass is 275 g/mol. The summed E-state index contributed by atoms with van der Waals surface area (Å²) in [5.74, 6) is 0.994. The van der Waals surface area contributed by atoms with Gasteiger partial charge in [-0.2, -0.15) is 0 Å². The van der Waals surface area contributed by atoms with Gasteiger partial charge in [-0.15, -0.1) is 6.58 Å². The van der Waals surface area contributed by atoms with Crippen LogP contribution in [0.5, 0.6) is 5.75 Å². The van der Waals surface area contributed by atoms with Crippen molar-refractivity contribution in [3.8, 4) is 5.75 Å². The van der Waals surface area contributed by atoms with Gasteiger partial charge in [-0.1, -0.05) is 24.3 Å². The first-order valence-corrected chi connectivity index (χ1v) is 7.32. The first-order valence-electron chi connectivity index (χ1n) is 7.32. The molecule has 1 aromatic carbocycles. The summed E-state index contributed by atoms with van der Waals surface area (Å²) in [4.78, 5) is 0. The van der Waals surface area contributed by atoms with E-state index in [2.05, 4.69) is 37.9 Å². The van der Waals surface area contributed by atoms with Gasteiger partial charge in [-0.05, 0) is 26.3 Å². The minimum absolute atomic E-state index is 0.129. The summed E-state index contributed by atoms with van der Waals surface area (Å²) in [6, 6.07) is 8.61. The van der Waals surface area contributed by atoms with Crippen molar-refractivity contribution in [1.29, 1.82) is 0 Å². The molecular weight excluding hydrogens is 250 g/mol. The molecule has 1 atom stereocenters. The molecule has 0 spiro atoms. The van der Waals surface area contributed by atoms with Crippen LogP contribution in [0, 0.1) is 0 Å². The fourth-order valence-electron chi connectivity index (χ4n) is 2.56. The van der Waals surface area contributed by atoms with Gasteiger partial charge in [0.15, 0.2) is 0 Å². The van der Waals surface area contributed by atoms with E-state index < -0.39 is 0 Å². The molecule has 0 saturated carbocycles. The van der Waals surface area contributed by atoms with E-state index in [0.29, 0.717) is 6.04 Å². The van der Waals surface area contributed by atoms with Crippen LogP contribution in [0.25, 0.3) is 0 Å². The fraction of sp³-hybridized carbons (Fsp3) is 0.529. The standard InChI is InChI=1S/C17H25NO2/c1-4-5-11-19-12-10-18-15-13-17(2,3)20-16-9-7-6-8-14(15)16/h4,6-9,15,18H,1,5,10-13H2,2-3H3. The molecule has 0 bridgehead atoms. The quantitative estimate of drug-likeness (QED) is 0.610. The second kappa shape index (κ2) is 6.91. The van der Waals surface area contributed by atoms with Gasteiger partial charge in [0.2, 0.25) is 0 Å². The molecule has 1 N–H and O–H groups in total. The van der Waals surface area contributed by atoms with Gasteiger partial charge in [-0.3, -0.25) is 0 Å². The Labute approximate surface area is 122 Å². The maximum absolute atomic E-state index is 6.03. The molecule has 0 radical (unpaired) electrons. The van der Waals surface area contributed by atoms with E-state index in [4.69, 9.17) is 9.47 Å². The molecule has 0 aromatic heterocycles. The van der Waals surface area contributed by atoms with Gasteiger partial charge >= 0.3 is 0 Å². The Hall–Kier alpha value is -1.32. The maximum atomic E-state index is 6.03. The van der Waals surface area contributed by atoms with Crippen LogP contribution in [0.2, 0.25) is 0 Å². The second-order valence-electron chi connectivity index (χ2n) is 5.80. The van der Waals surface area contributed by atoms with Crippen LogP contribution in [0.15, 0.2) is 36.9 Å². The summed E-state index contributed by atoms with van der Waals surface area (Å²) in [5, 5.41) is 3.58. The minimum Gasteiger partial charge on any atom is -0.487 e. The highest BCUT2D eigenvalue weighted by Crippen LogP contribution is 2.38. The fourth-order valence-corrected chi connectivity index (χ4v) is 2.56. The molecule has 1 aromatic rings. The molecule has 1 heterocycles. The predicted molar refractivity (Wildman–Crippen MR) is 82.1 cm³/mol. The van der Waals surface area contributed by atoms with Gasteiger partial charge in [0.05, 0.1) is 13.2 Å². The van der Waals surface area contributed by atoms with E-state index >= 15 is 0 Å². The van der Waals surface area contributed by atoms with Crippen LogP contribution in [0.1, 0.15) is 38.3 Å². The highest BCUT2D eigenvalue weighted by Gasteiger charge is 2.32. The van der Waals surface area contributed by atoms with E-state index in [0.717, 1.165) is 38.3 Å². The van der Waals surface area contributed by atoms with Gasteiger partial charge in [-0.25, -0.2) is 0 Å². The average molecular weight is 275 g/mol. The van der Waals surface area contributed by atoms with Crippen LogP contribution >= 0.6 is 0 Å². The van der Waals surface area contributed by atoms with Crippen molar-refractivity contribution in [3.05, 3.63) is 42.5 Å². The molecule has 0 aliphatic carbocycles. The predicted octanol–water partition coefficient (Wildman–Crippen LogP) is 3.47. The normalized spacial score (nSPS) is 20.0. The third-order valence-corrected chi connectivity index (χ3v) is 3.48. The van der Waals surface area contributed by atoms with Crippen LogP contribution in [-0.4, -0.2) is 25.4 Å². The van der Waals surface area contributed by atoms with E-state index in [-0.39, 0.29) is 5.60 Å². The second-order valence-corrected chi connectivity index (χ2v) is 5.80. The van der Waals surface area contributed by atoms with Crippen LogP contribution < -0.4 is 10.1 Å². The molecular formula is C17H25NO2. The van der Waals surface area contributed by atoms with Crippen molar-refractivity contribution in [3.63, 3.8) is 0 Å². The lowest BCUT2D eigenvalue weighted by Crippen LogP contribution is -2.40. The number of benzene rings is 1. The van der Waals surface area contributed by atoms with Crippen molar-refractivity contribution in [2.24, 2.45) is 0 Å². The maximum Gasteiger partial charge on any atom is 0.124 e. The number of ether oxygens (including phenoxy) is 2. The average Bonchev–Trinajstić information content (AvgIpc) is 2.41. The van der Waals surface area contributed by atoms with Crippen LogP contribution in [0.3, 0.4) is 0 Å². The minimum atomic E-state index is -0.129. The summed E-state index contributed by atoms with van der Waals surface area (Å²) >= 11 is 0. The third kappa shape index (κ3) is 4.09. The number of hydrogen-bond donors (Lipinski definition) is 1. The highest BCUT2D eigenvalue weighted by molar-refractivity contribution is 5.38. The van der Waals surface area contributed by atoms with Gasteiger partial charge in [0.1, 0.15) is 11.4 Å². The van der Waals surface area contributed by atoms with E-state index in [1.165, 1.54) is 5.56 Å². The Bertz CT molecular complexity index is 442. The number of rotatable bonds is 7. The number of nitrogens with one attached hydrogen (secondary N) is 1. The van der Waals surface area contributed by atoms with E-state index in [1.54, 1.807) is 0 Å². The zero-order valence-corrected chi connectivity index (χ0v) is 12.5. The van der Waals surface area contributed by atoms with E-state index in [1.807, 2.05) is 18.2 Å². The van der Waals surface area contributed by atoms with Crippen LogP contribution in [0.4, 0.5) is 0 Å². The van der Waals surface area contributed by atoms with Crippen molar-refractivity contribution in [2.75, 3.05) is 19.8 Å². The smallest absolute Gasteiger partial charge is 0.124 e. The summed E-state index contributed by atoms with van der Waals surface area (Å²) in [6.45, 7) is 10.3.